The highest BCUT2D eigenvalue weighted by atomic mass is 16.5. The molecule has 1 aliphatic rings. The monoisotopic (exact) mass is 353 g/mol. The Kier molecular flexibility index (Phi) is 6.61. The molecule has 0 unspecified atom stereocenters. The number of nitrogens with zero attached hydrogens (tertiary/aromatic N) is 2. The third-order valence-electron chi connectivity index (χ3n) is 4.74. The molecule has 138 valence electrons. The quantitative estimate of drug-likeness (QED) is 0.827. The highest BCUT2D eigenvalue weighted by Crippen LogP contribution is 2.24. The molecular weight excluding hydrogens is 326 g/mol. The number of nitrogens with one attached hydrogen (secondary N) is 1. The van der Waals surface area contributed by atoms with E-state index in [1.165, 1.54) is 0 Å². The maximum atomic E-state index is 13.1. The molecule has 26 heavy (non-hydrogen) atoms. The van der Waals surface area contributed by atoms with E-state index in [9.17, 15) is 4.79 Å². The highest BCUT2D eigenvalue weighted by molar-refractivity contribution is 6.00. The minimum Gasteiger partial charge on any atom is -0.378 e. The third-order valence-corrected chi connectivity index (χ3v) is 4.74. The second-order valence-electron chi connectivity index (χ2n) is 6.57. The average Bonchev–Trinajstić information content (AvgIpc) is 2.72. The minimum atomic E-state index is -0.0305. The van der Waals surface area contributed by atoms with Crippen molar-refractivity contribution in [2.45, 2.75) is 32.2 Å². The molecule has 0 bridgehead atoms. The molecule has 2 heterocycles. The molecule has 3 rings (SSSR count). The normalized spacial score (nSPS) is 15.5. The van der Waals surface area contributed by atoms with Crippen molar-refractivity contribution in [3.8, 4) is 0 Å². The van der Waals surface area contributed by atoms with Crippen LogP contribution in [0.5, 0.6) is 0 Å². The van der Waals surface area contributed by atoms with Crippen molar-refractivity contribution < 1.29 is 9.53 Å². The van der Waals surface area contributed by atoms with Crippen LogP contribution in [0.25, 0.3) is 0 Å². The van der Waals surface area contributed by atoms with Crippen molar-refractivity contribution in [1.82, 2.24) is 10.3 Å². The number of amides is 1. The summed E-state index contributed by atoms with van der Waals surface area (Å²) in [6.07, 6.45) is 6.67. The summed E-state index contributed by atoms with van der Waals surface area (Å²) >= 11 is 0. The van der Waals surface area contributed by atoms with Crippen molar-refractivity contribution in [3.63, 3.8) is 0 Å². The lowest BCUT2D eigenvalue weighted by molar-refractivity contribution is 0.0932. The highest BCUT2D eigenvalue weighted by Gasteiger charge is 2.21. The number of para-hydroxylation sites is 1. The number of morpholine rings is 1. The van der Waals surface area contributed by atoms with Crippen molar-refractivity contribution in [3.05, 3.63) is 59.9 Å². The van der Waals surface area contributed by atoms with Crippen LogP contribution in [0.2, 0.25) is 0 Å². The van der Waals surface area contributed by atoms with Crippen LogP contribution in [0, 0.1) is 0 Å². The van der Waals surface area contributed by atoms with E-state index < -0.39 is 0 Å². The Morgan fingerprint density at radius 1 is 1.23 bits per heavy atom. The standard InChI is InChI=1S/C21H27N3O2/c1-2-3-9-19(17-7-6-11-22-16-17)23-21(25)18-8-4-5-10-20(18)24-12-14-26-15-13-24/h4-8,10-11,16,19H,2-3,9,12-15H2,1H3,(H,23,25)/t19-/m1/s1. The molecule has 2 aromatic rings. The second kappa shape index (κ2) is 9.34. The van der Waals surface area contributed by atoms with E-state index in [1.807, 2.05) is 42.6 Å². The molecule has 1 fully saturated rings. The molecule has 5 heteroatoms. The van der Waals surface area contributed by atoms with E-state index in [0.29, 0.717) is 13.2 Å². The van der Waals surface area contributed by atoms with Crippen LogP contribution in [-0.4, -0.2) is 37.2 Å². The minimum absolute atomic E-state index is 0.0195. The van der Waals surface area contributed by atoms with Gasteiger partial charge in [-0.2, -0.15) is 0 Å². The lowest BCUT2D eigenvalue weighted by Crippen LogP contribution is -2.38. The molecule has 1 aromatic heterocycles. The molecule has 1 N–H and O–H groups in total. The van der Waals surface area contributed by atoms with Crippen LogP contribution in [0.3, 0.4) is 0 Å². The lowest BCUT2D eigenvalue weighted by Gasteiger charge is -2.30. The van der Waals surface area contributed by atoms with Gasteiger partial charge in [0.15, 0.2) is 0 Å². The van der Waals surface area contributed by atoms with Gasteiger partial charge in [0.25, 0.3) is 5.91 Å². The maximum absolute atomic E-state index is 13.1. The molecule has 1 saturated heterocycles. The van der Waals surface area contributed by atoms with Crippen LogP contribution in [-0.2, 0) is 4.74 Å². The molecule has 0 aliphatic carbocycles. The fraction of sp³-hybridized carbons (Fsp3) is 0.429. The van der Waals surface area contributed by atoms with Gasteiger partial charge in [-0.05, 0) is 30.2 Å². The number of rotatable bonds is 7. The second-order valence-corrected chi connectivity index (χ2v) is 6.57. The Labute approximate surface area is 155 Å². The summed E-state index contributed by atoms with van der Waals surface area (Å²) in [6.45, 7) is 5.18. The van der Waals surface area contributed by atoms with Crippen molar-refractivity contribution in [1.29, 1.82) is 0 Å². The van der Waals surface area contributed by atoms with Crippen LogP contribution in [0.4, 0.5) is 5.69 Å². The van der Waals surface area contributed by atoms with Crippen molar-refractivity contribution in [2.75, 3.05) is 31.2 Å². The van der Waals surface area contributed by atoms with E-state index in [-0.39, 0.29) is 11.9 Å². The predicted octanol–water partition coefficient (Wildman–Crippen LogP) is 3.58. The summed E-state index contributed by atoms with van der Waals surface area (Å²) in [5, 5.41) is 3.23. The van der Waals surface area contributed by atoms with Crippen LogP contribution in [0.1, 0.15) is 48.1 Å². The number of hydrogen-bond donors (Lipinski definition) is 1. The first-order chi connectivity index (χ1) is 12.8. The number of carbonyl (C=O) groups excluding carboxylic acids is 1. The van der Waals surface area contributed by atoms with E-state index in [0.717, 1.165) is 49.2 Å². The Morgan fingerprint density at radius 3 is 2.77 bits per heavy atom. The van der Waals surface area contributed by atoms with Crippen molar-refractivity contribution >= 4 is 11.6 Å². The van der Waals surface area contributed by atoms with E-state index in [2.05, 4.69) is 22.1 Å². The van der Waals surface area contributed by atoms with Gasteiger partial charge in [0.1, 0.15) is 0 Å². The molecule has 1 aliphatic heterocycles. The largest absolute Gasteiger partial charge is 0.378 e. The van der Waals surface area contributed by atoms with Gasteiger partial charge < -0.3 is 15.0 Å². The summed E-state index contributed by atoms with van der Waals surface area (Å²) in [6, 6.07) is 11.8. The number of pyridine rings is 1. The zero-order chi connectivity index (χ0) is 18.2. The lowest BCUT2D eigenvalue weighted by atomic mass is 10.0. The fourth-order valence-electron chi connectivity index (χ4n) is 3.29. The zero-order valence-electron chi connectivity index (χ0n) is 15.4. The SMILES string of the molecule is CCCC[C@@H](NC(=O)c1ccccc1N1CCOCC1)c1cccnc1. The number of aromatic nitrogens is 1. The van der Waals surface area contributed by atoms with Gasteiger partial charge in [0.05, 0.1) is 24.8 Å². The number of ether oxygens (including phenoxy) is 1. The number of anilines is 1. The van der Waals surface area contributed by atoms with E-state index in [1.54, 1.807) is 6.20 Å². The maximum Gasteiger partial charge on any atom is 0.253 e. The van der Waals surface area contributed by atoms with E-state index >= 15 is 0 Å². The van der Waals surface area contributed by atoms with Crippen molar-refractivity contribution in [2.24, 2.45) is 0 Å². The predicted molar refractivity (Wildman–Crippen MR) is 103 cm³/mol. The van der Waals surface area contributed by atoms with E-state index in [4.69, 9.17) is 4.74 Å². The number of unbranched alkanes of at least 4 members (excludes halogenated alkanes) is 1. The first kappa shape index (κ1) is 18.4. The Balaban J connectivity index is 1.79. The molecule has 0 radical (unpaired) electrons. The number of benzene rings is 1. The van der Waals surface area contributed by atoms with Crippen LogP contribution >= 0.6 is 0 Å². The molecule has 5 nitrogen and oxygen atoms in total. The van der Waals surface area contributed by atoms with Gasteiger partial charge in [0.2, 0.25) is 0 Å². The smallest absolute Gasteiger partial charge is 0.253 e. The van der Waals surface area contributed by atoms with Gasteiger partial charge in [-0.15, -0.1) is 0 Å². The van der Waals surface area contributed by atoms with Gasteiger partial charge in [-0.3, -0.25) is 9.78 Å². The zero-order valence-corrected chi connectivity index (χ0v) is 15.4. The molecular formula is C21H27N3O2. The number of carbonyl (C=O) groups is 1. The Bertz CT molecular complexity index is 699. The third kappa shape index (κ3) is 4.61. The van der Waals surface area contributed by atoms with Gasteiger partial charge in [0, 0.05) is 31.2 Å². The molecule has 0 spiro atoms. The molecule has 1 atom stereocenters. The summed E-state index contributed by atoms with van der Waals surface area (Å²) in [7, 11) is 0. The first-order valence-corrected chi connectivity index (χ1v) is 9.42. The first-order valence-electron chi connectivity index (χ1n) is 9.42. The number of hydrogen-bond acceptors (Lipinski definition) is 4. The summed E-state index contributed by atoms with van der Waals surface area (Å²) < 4.78 is 5.44. The topological polar surface area (TPSA) is 54.5 Å². The Hall–Kier alpha value is -2.40. The van der Waals surface area contributed by atoms with Crippen LogP contribution < -0.4 is 10.2 Å². The molecule has 1 amide bonds. The van der Waals surface area contributed by atoms with Gasteiger partial charge >= 0.3 is 0 Å². The molecule has 0 saturated carbocycles. The van der Waals surface area contributed by atoms with Gasteiger partial charge in [-0.25, -0.2) is 0 Å². The molecule has 1 aromatic carbocycles. The average molecular weight is 353 g/mol. The Morgan fingerprint density at radius 2 is 2.04 bits per heavy atom. The van der Waals surface area contributed by atoms with Gasteiger partial charge in [-0.1, -0.05) is 38.0 Å². The van der Waals surface area contributed by atoms with Crippen LogP contribution in [0.15, 0.2) is 48.8 Å². The fourth-order valence-corrected chi connectivity index (χ4v) is 3.29. The summed E-state index contributed by atoms with van der Waals surface area (Å²) in [5.74, 6) is -0.0305. The summed E-state index contributed by atoms with van der Waals surface area (Å²) in [5.41, 5.74) is 2.76. The summed E-state index contributed by atoms with van der Waals surface area (Å²) in [4.78, 5) is 19.5.